The summed E-state index contributed by atoms with van der Waals surface area (Å²) >= 11 is 6.05. The number of amides is 1. The number of hydrogen-bond donors (Lipinski definition) is 1. The van der Waals surface area contributed by atoms with E-state index in [2.05, 4.69) is 20.2 Å². The van der Waals surface area contributed by atoms with E-state index >= 15 is 0 Å². The molecule has 0 radical (unpaired) electrons. The predicted octanol–water partition coefficient (Wildman–Crippen LogP) is 4.74. The van der Waals surface area contributed by atoms with Crippen LogP contribution in [0.5, 0.6) is 0 Å². The quantitative estimate of drug-likeness (QED) is 0.389. The summed E-state index contributed by atoms with van der Waals surface area (Å²) in [6, 6.07) is 13.7. The molecule has 2 aliphatic rings. The lowest BCUT2D eigenvalue weighted by atomic mass is 9.85. The molecule has 1 saturated heterocycles. The van der Waals surface area contributed by atoms with Gasteiger partial charge >= 0.3 is 5.69 Å². The van der Waals surface area contributed by atoms with Crippen molar-refractivity contribution in [3.63, 3.8) is 0 Å². The van der Waals surface area contributed by atoms with Crippen LogP contribution in [0, 0.1) is 12.8 Å². The number of imidazole rings is 1. The van der Waals surface area contributed by atoms with Gasteiger partial charge in [0.15, 0.2) is 0 Å². The molecule has 4 aromatic rings. The number of hydrogen-bond acceptors (Lipinski definition) is 5. The first-order chi connectivity index (χ1) is 18.5. The summed E-state index contributed by atoms with van der Waals surface area (Å²) in [5.74, 6) is 1.19. The zero-order chi connectivity index (χ0) is 26.2. The molecule has 2 fully saturated rings. The van der Waals surface area contributed by atoms with Crippen LogP contribution >= 0.6 is 11.6 Å². The van der Waals surface area contributed by atoms with E-state index in [9.17, 15) is 9.59 Å². The molecule has 4 heterocycles. The van der Waals surface area contributed by atoms with Crippen LogP contribution < -0.4 is 15.9 Å². The van der Waals surface area contributed by atoms with Gasteiger partial charge in [-0.25, -0.2) is 9.78 Å². The van der Waals surface area contributed by atoms with E-state index in [-0.39, 0.29) is 17.6 Å². The normalized spacial score (nSPS) is 19.4. The Morgan fingerprint density at radius 1 is 1.03 bits per heavy atom. The Bertz CT molecular complexity index is 1530. The number of rotatable bonds is 6. The van der Waals surface area contributed by atoms with Crippen LogP contribution in [0.25, 0.3) is 16.7 Å². The number of halogens is 1. The first-order valence-corrected chi connectivity index (χ1v) is 13.7. The third-order valence-corrected chi connectivity index (χ3v) is 8.13. The van der Waals surface area contributed by atoms with Crippen molar-refractivity contribution in [3.05, 3.63) is 81.6 Å². The van der Waals surface area contributed by atoms with E-state index in [1.165, 1.54) is 6.42 Å². The van der Waals surface area contributed by atoms with Gasteiger partial charge in [0.25, 0.3) is 5.91 Å². The number of anilines is 1. The Kier molecular flexibility index (Phi) is 6.66. The minimum absolute atomic E-state index is 0.0379. The molecular weight excluding hydrogens is 500 g/mol. The molecule has 1 saturated carbocycles. The molecule has 8 nitrogen and oxygen atoms in total. The van der Waals surface area contributed by atoms with Gasteiger partial charge in [0.2, 0.25) is 0 Å². The van der Waals surface area contributed by atoms with Gasteiger partial charge in [0, 0.05) is 31.9 Å². The molecule has 6 rings (SSSR count). The molecule has 9 heteroatoms. The molecule has 0 bridgehead atoms. The number of carbonyl (C=O) groups excluding carboxylic acids is 1. The summed E-state index contributed by atoms with van der Waals surface area (Å²) in [6.45, 7) is 4.54. The van der Waals surface area contributed by atoms with Gasteiger partial charge in [0.05, 0.1) is 39.2 Å². The van der Waals surface area contributed by atoms with Crippen molar-refractivity contribution in [2.24, 2.45) is 5.92 Å². The maximum absolute atomic E-state index is 13.7. The van der Waals surface area contributed by atoms with E-state index in [1.54, 1.807) is 23.0 Å². The monoisotopic (exact) mass is 530 g/mol. The Balaban J connectivity index is 1.16. The zero-order valence-electron chi connectivity index (χ0n) is 21.4. The lowest BCUT2D eigenvalue weighted by Crippen LogP contribution is -2.39. The molecule has 1 aromatic carbocycles. The van der Waals surface area contributed by atoms with Crippen LogP contribution in [0.15, 0.2) is 59.7 Å². The number of fused-ring (bicyclic) bond motifs is 1. The second-order valence-electron chi connectivity index (χ2n) is 10.4. The third kappa shape index (κ3) is 4.69. The number of nitrogens with one attached hydrogen (secondary N) is 1. The van der Waals surface area contributed by atoms with Gasteiger partial charge in [-0.1, -0.05) is 23.7 Å². The number of aromatic nitrogens is 4. The van der Waals surface area contributed by atoms with Gasteiger partial charge in [-0.3, -0.25) is 18.9 Å². The first kappa shape index (κ1) is 24.7. The highest BCUT2D eigenvalue weighted by atomic mass is 35.5. The van der Waals surface area contributed by atoms with Crippen molar-refractivity contribution in [2.75, 3.05) is 18.0 Å². The predicted molar refractivity (Wildman–Crippen MR) is 149 cm³/mol. The van der Waals surface area contributed by atoms with Gasteiger partial charge in [-0.15, -0.1) is 0 Å². The number of para-hydroxylation sites is 2. The van der Waals surface area contributed by atoms with E-state index in [0.717, 1.165) is 61.3 Å². The van der Waals surface area contributed by atoms with Crippen LogP contribution in [-0.4, -0.2) is 44.1 Å². The lowest BCUT2D eigenvalue weighted by molar-refractivity contribution is 0.0919. The molecule has 0 atom stereocenters. The van der Waals surface area contributed by atoms with Gasteiger partial charge in [-0.05, 0) is 75.3 Å². The fourth-order valence-electron chi connectivity index (χ4n) is 5.63. The van der Waals surface area contributed by atoms with Crippen LogP contribution in [0.2, 0.25) is 5.02 Å². The first-order valence-electron chi connectivity index (χ1n) is 13.3. The molecule has 0 unspecified atom stereocenters. The highest BCUT2D eigenvalue weighted by Crippen LogP contribution is 2.28. The summed E-state index contributed by atoms with van der Waals surface area (Å²) < 4.78 is 3.68. The van der Waals surface area contributed by atoms with Gasteiger partial charge < -0.3 is 10.2 Å². The summed E-state index contributed by atoms with van der Waals surface area (Å²) in [5.41, 5.74) is 3.76. The van der Waals surface area contributed by atoms with Crippen molar-refractivity contribution in [1.82, 2.24) is 24.4 Å². The van der Waals surface area contributed by atoms with Crippen molar-refractivity contribution in [2.45, 2.75) is 51.6 Å². The summed E-state index contributed by atoms with van der Waals surface area (Å²) in [5, 5.41) is 3.61. The Hall–Kier alpha value is -3.65. The van der Waals surface area contributed by atoms with Gasteiger partial charge in [-0.2, -0.15) is 0 Å². The van der Waals surface area contributed by atoms with Crippen molar-refractivity contribution in [3.8, 4) is 5.69 Å². The number of aryl methyl sites for hydroxylation is 1. The molecular formula is C29H31ClN6O2. The molecule has 3 aromatic heterocycles. The van der Waals surface area contributed by atoms with Crippen LogP contribution in [0.1, 0.15) is 48.2 Å². The van der Waals surface area contributed by atoms with Crippen molar-refractivity contribution >= 4 is 34.4 Å². The second-order valence-corrected chi connectivity index (χ2v) is 10.8. The fourth-order valence-corrected chi connectivity index (χ4v) is 5.78. The topological polar surface area (TPSA) is 85.0 Å². The molecule has 38 heavy (non-hydrogen) atoms. The average molecular weight is 531 g/mol. The zero-order valence-corrected chi connectivity index (χ0v) is 22.2. The number of carbonyl (C=O) groups is 1. The Morgan fingerprint density at radius 2 is 1.79 bits per heavy atom. The highest BCUT2D eigenvalue weighted by Gasteiger charge is 2.26. The molecule has 1 amide bonds. The molecule has 196 valence electrons. The van der Waals surface area contributed by atoms with E-state index in [1.807, 2.05) is 47.9 Å². The lowest BCUT2D eigenvalue weighted by Gasteiger charge is -2.31. The van der Waals surface area contributed by atoms with Crippen molar-refractivity contribution < 1.29 is 4.79 Å². The maximum Gasteiger partial charge on any atom is 0.333 e. The fraction of sp³-hybridized carbons (Fsp3) is 0.379. The number of nitrogens with zero attached hydrogens (tertiary/aromatic N) is 5. The number of benzene rings is 1. The minimum atomic E-state index is -0.131. The van der Waals surface area contributed by atoms with E-state index < -0.39 is 0 Å². The largest absolute Gasteiger partial charge is 0.356 e. The molecule has 1 N–H and O–H groups in total. The Morgan fingerprint density at radius 3 is 2.47 bits per heavy atom. The van der Waals surface area contributed by atoms with Crippen LogP contribution in [0.4, 0.5) is 5.82 Å². The highest BCUT2D eigenvalue weighted by molar-refractivity contribution is 6.30. The standard InChI is InChI=1S/C29H31ClN6O2/c1-19-24(15-21(30)16-31-19)28(37)33-22-9-7-20(8-10-22)18-35-25-5-2-3-6-26(25)36(29(35)38)23-11-12-27(32-17-23)34-13-4-14-34/h2-3,5-6,11-12,15-17,20,22H,4,7-10,13-14,18H2,1H3,(H,33,37). The van der Waals surface area contributed by atoms with E-state index in [0.29, 0.717) is 28.7 Å². The maximum atomic E-state index is 13.7. The SMILES string of the molecule is Cc1ncc(Cl)cc1C(=O)NC1CCC(Cn2c(=O)n(-c3ccc(N4CCC4)nc3)c3ccccc32)CC1. The average Bonchev–Trinajstić information content (AvgIpc) is 3.17. The van der Waals surface area contributed by atoms with E-state index in [4.69, 9.17) is 11.6 Å². The number of pyridine rings is 2. The smallest absolute Gasteiger partial charge is 0.333 e. The molecule has 0 spiro atoms. The molecule has 1 aliphatic carbocycles. The third-order valence-electron chi connectivity index (χ3n) is 7.93. The minimum Gasteiger partial charge on any atom is -0.356 e. The van der Waals surface area contributed by atoms with Gasteiger partial charge in [0.1, 0.15) is 5.82 Å². The summed E-state index contributed by atoms with van der Waals surface area (Å²) in [4.78, 5) is 37.5. The molecule has 1 aliphatic heterocycles. The summed E-state index contributed by atoms with van der Waals surface area (Å²) in [7, 11) is 0. The Labute approximate surface area is 226 Å². The summed E-state index contributed by atoms with van der Waals surface area (Å²) in [6.07, 6.45) is 8.18. The van der Waals surface area contributed by atoms with Crippen LogP contribution in [-0.2, 0) is 6.54 Å². The second kappa shape index (κ2) is 10.3. The van der Waals surface area contributed by atoms with Crippen LogP contribution in [0.3, 0.4) is 0 Å². The van der Waals surface area contributed by atoms with Crippen molar-refractivity contribution in [1.29, 1.82) is 0 Å².